The lowest BCUT2D eigenvalue weighted by molar-refractivity contribution is 0.113. The van der Waals surface area contributed by atoms with Gasteiger partial charge in [-0.15, -0.1) is 0 Å². The molecule has 0 spiro atoms. The van der Waals surface area contributed by atoms with E-state index in [2.05, 4.69) is 14.9 Å². The number of aliphatic hydroxyl groups excluding tert-OH is 1. The first-order chi connectivity index (χ1) is 19.0. The number of anilines is 2. The maximum Gasteiger partial charge on any atom is 0.350 e. The van der Waals surface area contributed by atoms with E-state index in [1.165, 1.54) is 4.68 Å². The molecule has 210 valence electrons. The molecule has 0 unspecified atom stereocenters. The van der Waals surface area contributed by atoms with E-state index in [1.54, 1.807) is 36.6 Å². The van der Waals surface area contributed by atoms with Crippen LogP contribution in [0.3, 0.4) is 0 Å². The van der Waals surface area contributed by atoms with Crippen molar-refractivity contribution in [1.29, 1.82) is 0 Å². The highest BCUT2D eigenvalue weighted by Gasteiger charge is 2.26. The summed E-state index contributed by atoms with van der Waals surface area (Å²) in [6.07, 6.45) is -1.04. The quantitative estimate of drug-likeness (QED) is 0.308. The molecule has 2 N–H and O–H groups in total. The zero-order chi connectivity index (χ0) is 28.7. The minimum atomic E-state index is -1.04. The molecule has 1 fully saturated rings. The highest BCUT2D eigenvalue weighted by molar-refractivity contribution is 6.35. The monoisotopic (exact) mass is 581 g/mol. The van der Waals surface area contributed by atoms with Crippen molar-refractivity contribution < 1.29 is 10.2 Å². The number of aryl methyl sites for hydroxylation is 3. The van der Waals surface area contributed by atoms with Crippen LogP contribution in [0, 0.1) is 20.8 Å². The zero-order valence-electron chi connectivity index (χ0n) is 23.0. The molecule has 2 heterocycles. The largest absolute Gasteiger partial charge is 0.507 e. The van der Waals surface area contributed by atoms with Gasteiger partial charge in [0.05, 0.1) is 11.7 Å². The SMILES string of the molecule is Cc1cc(N2CCN(c3ccc(-n4c(C)nn([C@H](C)[C@H](O)c5ccc(Cl)cc5Cl)c4=O)cc3)CC2)cc(C)c1O. The van der Waals surface area contributed by atoms with E-state index >= 15 is 0 Å². The average molecular weight is 583 g/mol. The second-order valence-electron chi connectivity index (χ2n) is 10.4. The maximum atomic E-state index is 13.4. The van der Waals surface area contributed by atoms with Gasteiger partial charge < -0.3 is 20.0 Å². The van der Waals surface area contributed by atoms with Crippen molar-refractivity contribution in [3.8, 4) is 11.4 Å². The van der Waals surface area contributed by atoms with Gasteiger partial charge in [0.2, 0.25) is 0 Å². The summed E-state index contributed by atoms with van der Waals surface area (Å²) in [5.41, 5.74) is 4.84. The molecule has 1 saturated heterocycles. The molecule has 5 rings (SSSR count). The van der Waals surface area contributed by atoms with E-state index in [9.17, 15) is 15.0 Å². The Bertz CT molecular complexity index is 1570. The molecule has 2 atom stereocenters. The van der Waals surface area contributed by atoms with Gasteiger partial charge in [-0.05, 0) is 87.4 Å². The van der Waals surface area contributed by atoms with Crippen LogP contribution in [0.15, 0.2) is 59.4 Å². The van der Waals surface area contributed by atoms with Gasteiger partial charge in [-0.25, -0.2) is 14.0 Å². The van der Waals surface area contributed by atoms with Gasteiger partial charge in [0.15, 0.2) is 0 Å². The van der Waals surface area contributed by atoms with Gasteiger partial charge in [0.1, 0.15) is 17.7 Å². The fraction of sp³-hybridized carbons (Fsp3) is 0.333. The Morgan fingerprint density at radius 2 is 1.38 bits per heavy atom. The number of hydrogen-bond donors (Lipinski definition) is 2. The van der Waals surface area contributed by atoms with Crippen molar-refractivity contribution in [3.63, 3.8) is 0 Å². The summed E-state index contributed by atoms with van der Waals surface area (Å²) in [5, 5.41) is 26.3. The Hall–Kier alpha value is -3.46. The normalized spacial score (nSPS) is 15.4. The van der Waals surface area contributed by atoms with E-state index in [4.69, 9.17) is 23.2 Å². The summed E-state index contributed by atoms with van der Waals surface area (Å²) < 4.78 is 2.84. The maximum absolute atomic E-state index is 13.4. The average Bonchev–Trinajstić information content (AvgIpc) is 3.24. The molecule has 0 radical (unpaired) electrons. The molecule has 0 saturated carbocycles. The minimum absolute atomic E-state index is 0.334. The fourth-order valence-corrected chi connectivity index (χ4v) is 5.85. The molecule has 40 heavy (non-hydrogen) atoms. The van der Waals surface area contributed by atoms with Crippen LogP contribution >= 0.6 is 23.2 Å². The van der Waals surface area contributed by atoms with Crippen LogP contribution in [0.2, 0.25) is 10.0 Å². The van der Waals surface area contributed by atoms with E-state index < -0.39 is 12.1 Å². The standard InChI is InChI=1S/C30H33Cl2N5O3/c1-18-15-25(16-19(2)28(18)38)35-13-11-34(12-14-35)23-6-8-24(9-7-23)36-21(4)33-37(30(36)40)20(3)29(39)26-10-5-22(31)17-27(26)32/h5-10,15-17,20,29,38-39H,11-14H2,1-4H3/t20-,29+/m1/s1. The van der Waals surface area contributed by atoms with E-state index in [-0.39, 0.29) is 5.69 Å². The van der Waals surface area contributed by atoms with Crippen LogP contribution in [-0.2, 0) is 0 Å². The first kappa shape index (κ1) is 28.1. The van der Waals surface area contributed by atoms with Gasteiger partial charge in [-0.1, -0.05) is 29.3 Å². The number of nitrogens with zero attached hydrogens (tertiary/aromatic N) is 5. The summed E-state index contributed by atoms with van der Waals surface area (Å²) in [4.78, 5) is 18.1. The van der Waals surface area contributed by atoms with Crippen molar-refractivity contribution in [1.82, 2.24) is 14.3 Å². The molecular weight excluding hydrogens is 549 g/mol. The number of piperazine rings is 1. The van der Waals surface area contributed by atoms with Crippen LogP contribution in [0.1, 0.15) is 41.6 Å². The Kier molecular flexibility index (Phi) is 7.86. The minimum Gasteiger partial charge on any atom is -0.507 e. The number of phenolic OH excluding ortho intramolecular Hbond substituents is 1. The van der Waals surface area contributed by atoms with Crippen LogP contribution in [0.25, 0.3) is 5.69 Å². The van der Waals surface area contributed by atoms with Crippen molar-refractivity contribution in [2.24, 2.45) is 0 Å². The molecular formula is C30H33Cl2N5O3. The molecule has 0 amide bonds. The molecule has 0 bridgehead atoms. The summed E-state index contributed by atoms with van der Waals surface area (Å²) in [5.74, 6) is 0.881. The number of benzene rings is 3. The third-order valence-electron chi connectivity index (χ3n) is 7.68. The number of aliphatic hydroxyl groups is 1. The second-order valence-corrected chi connectivity index (χ2v) is 11.2. The smallest absolute Gasteiger partial charge is 0.350 e. The lowest BCUT2D eigenvalue weighted by Gasteiger charge is -2.37. The van der Waals surface area contributed by atoms with Crippen LogP contribution in [0.4, 0.5) is 11.4 Å². The molecule has 1 aliphatic heterocycles. The fourth-order valence-electron chi connectivity index (χ4n) is 5.33. The Morgan fingerprint density at radius 1 is 0.825 bits per heavy atom. The van der Waals surface area contributed by atoms with E-state index in [1.807, 2.05) is 50.2 Å². The number of hydrogen-bond acceptors (Lipinski definition) is 6. The molecule has 8 nitrogen and oxygen atoms in total. The van der Waals surface area contributed by atoms with Crippen molar-refractivity contribution in [2.45, 2.75) is 39.8 Å². The summed E-state index contributed by atoms with van der Waals surface area (Å²) in [6.45, 7) is 10.8. The van der Waals surface area contributed by atoms with Crippen LogP contribution in [-0.4, -0.2) is 50.7 Å². The van der Waals surface area contributed by atoms with Crippen molar-refractivity contribution >= 4 is 34.6 Å². The number of rotatable bonds is 6. The van der Waals surface area contributed by atoms with Gasteiger partial charge in [0, 0.05) is 53.2 Å². The molecule has 4 aromatic rings. The third-order valence-corrected chi connectivity index (χ3v) is 8.24. The van der Waals surface area contributed by atoms with Crippen molar-refractivity contribution in [2.75, 3.05) is 36.0 Å². The second kappa shape index (κ2) is 11.2. The predicted octanol–water partition coefficient (Wildman–Crippen LogP) is 5.59. The van der Waals surface area contributed by atoms with Crippen LogP contribution in [0.5, 0.6) is 5.75 Å². The zero-order valence-corrected chi connectivity index (χ0v) is 24.5. The van der Waals surface area contributed by atoms with Crippen molar-refractivity contribution in [3.05, 3.63) is 97.6 Å². The Morgan fingerprint density at radius 3 is 1.95 bits per heavy atom. The highest BCUT2D eigenvalue weighted by atomic mass is 35.5. The Balaban J connectivity index is 1.30. The van der Waals surface area contributed by atoms with Gasteiger partial charge in [-0.2, -0.15) is 5.10 Å². The molecule has 0 aliphatic carbocycles. The highest BCUT2D eigenvalue weighted by Crippen LogP contribution is 2.32. The van der Waals surface area contributed by atoms with Gasteiger partial charge in [-0.3, -0.25) is 0 Å². The van der Waals surface area contributed by atoms with E-state index in [0.717, 1.165) is 48.7 Å². The number of phenols is 1. The molecule has 3 aromatic carbocycles. The summed E-state index contributed by atoms with van der Waals surface area (Å²) in [6, 6.07) is 16.2. The lowest BCUT2D eigenvalue weighted by Crippen LogP contribution is -2.46. The molecule has 1 aromatic heterocycles. The van der Waals surface area contributed by atoms with Gasteiger partial charge >= 0.3 is 5.69 Å². The summed E-state index contributed by atoms with van der Waals surface area (Å²) >= 11 is 12.3. The lowest BCUT2D eigenvalue weighted by atomic mass is 10.0. The van der Waals surface area contributed by atoms with Gasteiger partial charge in [0.25, 0.3) is 0 Å². The van der Waals surface area contributed by atoms with E-state index in [0.29, 0.717) is 32.9 Å². The Labute approximate surface area is 243 Å². The van der Waals surface area contributed by atoms with Crippen LogP contribution < -0.4 is 15.5 Å². The topological polar surface area (TPSA) is 86.8 Å². The first-order valence-electron chi connectivity index (χ1n) is 13.3. The summed E-state index contributed by atoms with van der Waals surface area (Å²) in [7, 11) is 0. The molecule has 10 heteroatoms. The predicted molar refractivity (Wildman–Crippen MR) is 161 cm³/mol. The first-order valence-corrected chi connectivity index (χ1v) is 14.0. The molecule has 1 aliphatic rings. The number of halogens is 2. The third kappa shape index (κ3) is 5.31. The number of aromatic nitrogens is 3. The number of aromatic hydroxyl groups is 1.